The summed E-state index contributed by atoms with van der Waals surface area (Å²) in [6, 6.07) is 1.28. The molecule has 0 heterocycles. The van der Waals surface area contributed by atoms with Gasteiger partial charge in [-0.1, -0.05) is 32.6 Å². The molecule has 1 saturated carbocycles. The summed E-state index contributed by atoms with van der Waals surface area (Å²) in [7, 11) is 0. The van der Waals surface area contributed by atoms with Crippen molar-refractivity contribution in [2.24, 2.45) is 5.92 Å². The van der Waals surface area contributed by atoms with E-state index in [2.05, 4.69) is 0 Å². The molecule has 0 spiro atoms. The van der Waals surface area contributed by atoms with Crippen molar-refractivity contribution in [1.29, 1.82) is 0 Å². The van der Waals surface area contributed by atoms with Gasteiger partial charge in [-0.3, -0.25) is 0 Å². The smallest absolute Gasteiger partial charge is 0.204 e. The highest BCUT2D eigenvalue weighted by atomic mass is 19.2. The molecule has 2 rings (SSSR count). The minimum absolute atomic E-state index is 0.0206. The maximum absolute atomic E-state index is 13.9. The first-order chi connectivity index (χ1) is 9.63. The van der Waals surface area contributed by atoms with Crippen LogP contribution >= 0.6 is 0 Å². The van der Waals surface area contributed by atoms with Crippen molar-refractivity contribution in [1.82, 2.24) is 0 Å². The first-order valence-electron chi connectivity index (χ1n) is 7.46. The molecule has 1 fully saturated rings. The lowest BCUT2D eigenvalue weighted by molar-refractivity contribution is 0.198. The van der Waals surface area contributed by atoms with Crippen molar-refractivity contribution in [2.75, 3.05) is 6.61 Å². The van der Waals surface area contributed by atoms with E-state index in [4.69, 9.17) is 4.74 Å². The lowest BCUT2D eigenvalue weighted by Crippen LogP contribution is -2.16. The van der Waals surface area contributed by atoms with Crippen LogP contribution in [0.4, 0.5) is 8.78 Å². The SMILES string of the molecule is CCCc1cc(O)c(F)c(F)c1OCC1CCCCC1. The molecule has 0 radical (unpaired) electrons. The van der Waals surface area contributed by atoms with Gasteiger partial charge in [0, 0.05) is 5.56 Å². The van der Waals surface area contributed by atoms with E-state index in [0.29, 0.717) is 24.5 Å². The van der Waals surface area contributed by atoms with Crippen LogP contribution < -0.4 is 4.74 Å². The monoisotopic (exact) mass is 284 g/mol. The summed E-state index contributed by atoms with van der Waals surface area (Å²) >= 11 is 0. The minimum atomic E-state index is -1.22. The van der Waals surface area contributed by atoms with E-state index in [0.717, 1.165) is 19.3 Å². The number of aryl methyl sites for hydroxylation is 1. The van der Waals surface area contributed by atoms with Crippen molar-refractivity contribution in [3.8, 4) is 11.5 Å². The van der Waals surface area contributed by atoms with E-state index in [9.17, 15) is 13.9 Å². The Balaban J connectivity index is 2.13. The summed E-state index contributed by atoms with van der Waals surface area (Å²) < 4.78 is 33.0. The van der Waals surface area contributed by atoms with E-state index in [-0.39, 0.29) is 5.75 Å². The van der Waals surface area contributed by atoms with Crippen LogP contribution in [0.15, 0.2) is 6.07 Å². The van der Waals surface area contributed by atoms with E-state index >= 15 is 0 Å². The molecule has 0 aliphatic heterocycles. The highest BCUT2D eigenvalue weighted by Crippen LogP contribution is 2.33. The quantitative estimate of drug-likeness (QED) is 0.857. The number of aromatic hydroxyl groups is 1. The number of hydrogen-bond acceptors (Lipinski definition) is 2. The van der Waals surface area contributed by atoms with Gasteiger partial charge in [0.1, 0.15) is 0 Å². The first-order valence-corrected chi connectivity index (χ1v) is 7.46. The zero-order valence-electron chi connectivity index (χ0n) is 11.9. The van der Waals surface area contributed by atoms with Gasteiger partial charge in [-0.15, -0.1) is 0 Å². The average Bonchev–Trinajstić information content (AvgIpc) is 2.46. The molecule has 0 bridgehead atoms. The molecule has 4 heteroatoms. The fraction of sp³-hybridized carbons (Fsp3) is 0.625. The van der Waals surface area contributed by atoms with E-state index < -0.39 is 17.4 Å². The summed E-state index contributed by atoms with van der Waals surface area (Å²) in [5.74, 6) is -2.52. The van der Waals surface area contributed by atoms with E-state index in [1.54, 1.807) is 0 Å². The molecule has 1 aliphatic carbocycles. The van der Waals surface area contributed by atoms with Gasteiger partial charge in [-0.05, 0) is 31.2 Å². The molecule has 2 nitrogen and oxygen atoms in total. The zero-order chi connectivity index (χ0) is 14.5. The minimum Gasteiger partial charge on any atom is -0.505 e. The summed E-state index contributed by atoms with van der Waals surface area (Å²) in [5, 5.41) is 9.38. The number of rotatable bonds is 5. The third-order valence-corrected chi connectivity index (χ3v) is 3.93. The number of benzene rings is 1. The molecule has 112 valence electrons. The Morgan fingerprint density at radius 3 is 2.55 bits per heavy atom. The van der Waals surface area contributed by atoms with Crippen LogP contribution in [0, 0.1) is 17.6 Å². The van der Waals surface area contributed by atoms with Crippen LogP contribution in [-0.4, -0.2) is 11.7 Å². The van der Waals surface area contributed by atoms with Gasteiger partial charge in [0.05, 0.1) is 6.61 Å². The van der Waals surface area contributed by atoms with E-state index in [1.165, 1.54) is 25.3 Å². The highest BCUT2D eigenvalue weighted by Gasteiger charge is 2.21. The van der Waals surface area contributed by atoms with Gasteiger partial charge in [0.2, 0.25) is 11.6 Å². The lowest BCUT2D eigenvalue weighted by Gasteiger charge is -2.22. The van der Waals surface area contributed by atoms with Crippen molar-refractivity contribution in [2.45, 2.75) is 51.9 Å². The van der Waals surface area contributed by atoms with Crippen molar-refractivity contribution in [3.05, 3.63) is 23.3 Å². The fourth-order valence-corrected chi connectivity index (χ4v) is 2.81. The molecular weight excluding hydrogens is 262 g/mol. The summed E-state index contributed by atoms with van der Waals surface area (Å²) in [5.41, 5.74) is 0.541. The molecule has 0 saturated heterocycles. The second-order valence-electron chi connectivity index (χ2n) is 5.58. The first kappa shape index (κ1) is 15.1. The zero-order valence-corrected chi connectivity index (χ0v) is 11.9. The third kappa shape index (κ3) is 3.41. The Kier molecular flexibility index (Phi) is 5.21. The molecule has 0 amide bonds. The molecule has 1 aliphatic rings. The van der Waals surface area contributed by atoms with Gasteiger partial charge >= 0.3 is 0 Å². The van der Waals surface area contributed by atoms with Gasteiger partial charge in [0.15, 0.2) is 11.5 Å². The molecule has 1 N–H and O–H groups in total. The largest absolute Gasteiger partial charge is 0.505 e. The Morgan fingerprint density at radius 1 is 1.20 bits per heavy atom. The second kappa shape index (κ2) is 6.91. The van der Waals surface area contributed by atoms with Gasteiger partial charge in [-0.2, -0.15) is 8.78 Å². The van der Waals surface area contributed by atoms with Crippen LogP contribution in [0.3, 0.4) is 0 Å². The Labute approximate surface area is 118 Å². The van der Waals surface area contributed by atoms with Crippen LogP contribution in [0.25, 0.3) is 0 Å². The molecule has 20 heavy (non-hydrogen) atoms. The Hall–Kier alpha value is -1.32. The predicted molar refractivity (Wildman–Crippen MR) is 74.1 cm³/mol. The number of phenolic OH excluding ortho intramolecular Hbond substituents is 1. The Bertz CT molecular complexity index is 454. The van der Waals surface area contributed by atoms with Gasteiger partial charge in [-0.25, -0.2) is 0 Å². The standard InChI is InChI=1S/C16H22F2O2/c1-2-6-12-9-13(19)14(17)15(18)16(12)20-10-11-7-4-3-5-8-11/h9,11,19H,2-8,10H2,1H3. The highest BCUT2D eigenvalue weighted by molar-refractivity contribution is 5.42. The normalized spacial score (nSPS) is 16.4. The lowest BCUT2D eigenvalue weighted by atomic mass is 9.90. The summed E-state index contributed by atoms with van der Waals surface area (Å²) in [4.78, 5) is 0. The molecule has 0 unspecified atom stereocenters. The molecule has 0 atom stereocenters. The van der Waals surface area contributed by atoms with Crippen molar-refractivity contribution < 1.29 is 18.6 Å². The summed E-state index contributed by atoms with van der Waals surface area (Å²) in [6.07, 6.45) is 7.13. The van der Waals surface area contributed by atoms with Crippen LogP contribution in [0.1, 0.15) is 51.0 Å². The van der Waals surface area contributed by atoms with Crippen LogP contribution in [0.2, 0.25) is 0 Å². The van der Waals surface area contributed by atoms with Crippen molar-refractivity contribution in [3.63, 3.8) is 0 Å². The number of phenols is 1. The predicted octanol–water partition coefficient (Wildman–Crippen LogP) is 4.58. The van der Waals surface area contributed by atoms with Crippen LogP contribution in [0.5, 0.6) is 11.5 Å². The van der Waals surface area contributed by atoms with E-state index in [1.807, 2.05) is 6.92 Å². The maximum atomic E-state index is 13.9. The molecular formula is C16H22F2O2. The fourth-order valence-electron chi connectivity index (χ4n) is 2.81. The number of ether oxygens (including phenoxy) is 1. The molecule has 1 aromatic rings. The van der Waals surface area contributed by atoms with Crippen molar-refractivity contribution >= 4 is 0 Å². The van der Waals surface area contributed by atoms with Gasteiger partial charge in [0.25, 0.3) is 0 Å². The maximum Gasteiger partial charge on any atom is 0.204 e. The average molecular weight is 284 g/mol. The topological polar surface area (TPSA) is 29.5 Å². The molecule has 0 aromatic heterocycles. The van der Waals surface area contributed by atoms with Gasteiger partial charge < -0.3 is 9.84 Å². The number of hydrogen-bond donors (Lipinski definition) is 1. The number of halogens is 2. The second-order valence-corrected chi connectivity index (χ2v) is 5.58. The van der Waals surface area contributed by atoms with Crippen LogP contribution in [-0.2, 0) is 6.42 Å². The Morgan fingerprint density at radius 2 is 1.90 bits per heavy atom. The summed E-state index contributed by atoms with van der Waals surface area (Å²) in [6.45, 7) is 2.38. The third-order valence-electron chi connectivity index (χ3n) is 3.93. The molecule has 1 aromatic carbocycles.